The van der Waals surface area contributed by atoms with E-state index in [0.29, 0.717) is 13.1 Å². The van der Waals surface area contributed by atoms with Gasteiger partial charge in [-0.1, -0.05) is 27.7 Å². The van der Waals surface area contributed by atoms with Crippen molar-refractivity contribution in [2.45, 2.75) is 40.5 Å². The van der Waals surface area contributed by atoms with E-state index >= 15 is 0 Å². The average molecular weight is 398 g/mol. The van der Waals surface area contributed by atoms with Gasteiger partial charge in [0.2, 0.25) is 5.91 Å². The highest BCUT2D eigenvalue weighted by Crippen LogP contribution is 2.01. The van der Waals surface area contributed by atoms with Gasteiger partial charge in [-0.25, -0.2) is 0 Å². The molecule has 0 aromatic carbocycles. The Morgan fingerprint density at radius 2 is 1.55 bits per heavy atom. The number of nitrogens with zero attached hydrogens (tertiary/aromatic N) is 1. The Labute approximate surface area is 140 Å². The minimum Gasteiger partial charge on any atom is -0.356 e. The van der Waals surface area contributed by atoms with E-state index < -0.39 is 0 Å². The quantitative estimate of drug-likeness (QED) is 0.254. The van der Waals surface area contributed by atoms with Crippen LogP contribution < -0.4 is 16.0 Å². The van der Waals surface area contributed by atoms with Gasteiger partial charge >= 0.3 is 0 Å². The van der Waals surface area contributed by atoms with Gasteiger partial charge in [-0.05, 0) is 18.8 Å². The zero-order valence-corrected chi connectivity index (χ0v) is 15.8. The molecule has 0 saturated heterocycles. The molecule has 0 aromatic heterocycles. The molecule has 0 spiro atoms. The normalized spacial score (nSPS) is 11.2. The molecule has 1 amide bonds. The van der Waals surface area contributed by atoms with Crippen LogP contribution in [0.3, 0.4) is 0 Å². The van der Waals surface area contributed by atoms with Gasteiger partial charge in [0.15, 0.2) is 5.96 Å². The van der Waals surface area contributed by atoms with Crippen LogP contribution in [0.15, 0.2) is 4.99 Å². The maximum atomic E-state index is 11.3. The Morgan fingerprint density at radius 3 is 2.05 bits per heavy atom. The van der Waals surface area contributed by atoms with Crippen molar-refractivity contribution in [1.82, 2.24) is 16.0 Å². The highest BCUT2D eigenvalue weighted by atomic mass is 127. The van der Waals surface area contributed by atoms with E-state index in [4.69, 9.17) is 0 Å². The first-order valence-electron chi connectivity index (χ1n) is 7.19. The molecule has 0 radical (unpaired) electrons. The summed E-state index contributed by atoms with van der Waals surface area (Å²) in [7, 11) is 1.75. The zero-order chi connectivity index (χ0) is 14.7. The first kappa shape index (κ1) is 21.8. The number of carbonyl (C=O) groups excluding carboxylic acids is 1. The summed E-state index contributed by atoms with van der Waals surface area (Å²) in [4.78, 5) is 15.5. The average Bonchev–Trinajstić information content (AvgIpc) is 2.36. The van der Waals surface area contributed by atoms with E-state index in [2.05, 4.69) is 34.8 Å². The van der Waals surface area contributed by atoms with Crippen LogP contribution in [0.4, 0.5) is 0 Å². The fourth-order valence-corrected chi connectivity index (χ4v) is 1.51. The number of guanidine groups is 1. The van der Waals surface area contributed by atoms with E-state index in [9.17, 15) is 4.79 Å². The van der Waals surface area contributed by atoms with Crippen LogP contribution in [0.5, 0.6) is 0 Å². The standard InChI is InChI=1S/C14H30N4O.HI/c1-11(2)7-6-8-17-14(15-5)18-10-9-16-13(19)12(3)4;/h11-12H,6-10H2,1-5H3,(H,16,19)(H2,15,17,18);1H. The number of hydrogen-bond donors (Lipinski definition) is 3. The van der Waals surface area contributed by atoms with E-state index in [1.807, 2.05) is 13.8 Å². The van der Waals surface area contributed by atoms with Crippen molar-refractivity contribution in [3.05, 3.63) is 0 Å². The van der Waals surface area contributed by atoms with Crippen LogP contribution in [-0.2, 0) is 4.79 Å². The molecule has 0 atom stereocenters. The smallest absolute Gasteiger partial charge is 0.222 e. The van der Waals surface area contributed by atoms with Gasteiger partial charge < -0.3 is 16.0 Å². The summed E-state index contributed by atoms with van der Waals surface area (Å²) >= 11 is 0. The Kier molecular flexibility index (Phi) is 14.6. The van der Waals surface area contributed by atoms with Crippen LogP contribution in [0.2, 0.25) is 0 Å². The lowest BCUT2D eigenvalue weighted by Gasteiger charge is -2.13. The molecule has 20 heavy (non-hydrogen) atoms. The monoisotopic (exact) mass is 398 g/mol. The molecule has 0 unspecified atom stereocenters. The Morgan fingerprint density at radius 1 is 1.00 bits per heavy atom. The first-order chi connectivity index (χ1) is 8.97. The molecule has 0 saturated carbocycles. The third-order valence-corrected chi connectivity index (χ3v) is 2.72. The second-order valence-corrected chi connectivity index (χ2v) is 5.41. The van der Waals surface area contributed by atoms with Crippen LogP contribution in [0.25, 0.3) is 0 Å². The van der Waals surface area contributed by atoms with Crippen molar-refractivity contribution in [2.24, 2.45) is 16.8 Å². The van der Waals surface area contributed by atoms with Gasteiger partial charge in [-0.3, -0.25) is 9.79 Å². The molecule has 5 nitrogen and oxygen atoms in total. The number of amides is 1. The summed E-state index contributed by atoms with van der Waals surface area (Å²) in [5.74, 6) is 1.65. The number of halogens is 1. The molecule has 0 heterocycles. The van der Waals surface area contributed by atoms with Gasteiger partial charge in [-0.2, -0.15) is 0 Å². The lowest BCUT2D eigenvalue weighted by Crippen LogP contribution is -2.42. The summed E-state index contributed by atoms with van der Waals surface area (Å²) in [5.41, 5.74) is 0. The van der Waals surface area contributed by atoms with Crippen molar-refractivity contribution in [2.75, 3.05) is 26.7 Å². The molecule has 0 bridgehead atoms. The third kappa shape index (κ3) is 12.5. The predicted molar refractivity (Wildman–Crippen MR) is 96.7 cm³/mol. The van der Waals surface area contributed by atoms with Gasteiger partial charge in [0.1, 0.15) is 0 Å². The van der Waals surface area contributed by atoms with Gasteiger partial charge in [0.25, 0.3) is 0 Å². The van der Waals surface area contributed by atoms with E-state index in [-0.39, 0.29) is 35.8 Å². The first-order valence-corrected chi connectivity index (χ1v) is 7.19. The van der Waals surface area contributed by atoms with Gasteiger partial charge in [-0.15, -0.1) is 24.0 Å². The summed E-state index contributed by atoms with van der Waals surface area (Å²) in [6.45, 7) is 10.5. The van der Waals surface area contributed by atoms with Crippen LogP contribution in [-0.4, -0.2) is 38.5 Å². The molecule has 0 aliphatic rings. The molecular formula is C14H31IN4O. The Balaban J connectivity index is 0. The lowest BCUT2D eigenvalue weighted by molar-refractivity contribution is -0.123. The fraction of sp³-hybridized carbons (Fsp3) is 0.857. The second kappa shape index (κ2) is 13.5. The van der Waals surface area contributed by atoms with Crippen LogP contribution in [0.1, 0.15) is 40.5 Å². The molecule has 0 aliphatic carbocycles. The minimum atomic E-state index is 0. The van der Waals surface area contributed by atoms with E-state index in [1.165, 1.54) is 6.42 Å². The third-order valence-electron chi connectivity index (χ3n) is 2.72. The summed E-state index contributed by atoms with van der Waals surface area (Å²) < 4.78 is 0. The van der Waals surface area contributed by atoms with Crippen molar-refractivity contribution < 1.29 is 4.79 Å². The predicted octanol–water partition coefficient (Wildman–Crippen LogP) is 1.98. The highest BCUT2D eigenvalue weighted by Gasteiger charge is 2.05. The van der Waals surface area contributed by atoms with E-state index in [1.54, 1.807) is 7.05 Å². The largest absolute Gasteiger partial charge is 0.356 e. The number of aliphatic imine (C=N–C) groups is 1. The molecular weight excluding hydrogens is 367 g/mol. The maximum Gasteiger partial charge on any atom is 0.222 e. The van der Waals surface area contributed by atoms with Gasteiger partial charge in [0, 0.05) is 32.6 Å². The molecule has 120 valence electrons. The second-order valence-electron chi connectivity index (χ2n) is 5.41. The number of carbonyl (C=O) groups is 1. The van der Waals surface area contributed by atoms with E-state index in [0.717, 1.165) is 24.8 Å². The minimum absolute atomic E-state index is 0. The molecule has 0 aromatic rings. The number of rotatable bonds is 8. The summed E-state index contributed by atoms with van der Waals surface area (Å²) in [6, 6.07) is 0. The van der Waals surface area contributed by atoms with Gasteiger partial charge in [0.05, 0.1) is 0 Å². The number of hydrogen-bond acceptors (Lipinski definition) is 2. The molecule has 0 rings (SSSR count). The Hall–Kier alpha value is -0.530. The van der Waals surface area contributed by atoms with Crippen LogP contribution in [0, 0.1) is 11.8 Å². The van der Waals surface area contributed by atoms with Crippen LogP contribution >= 0.6 is 24.0 Å². The fourth-order valence-electron chi connectivity index (χ4n) is 1.51. The SMILES string of the molecule is CN=C(NCCCC(C)C)NCCNC(=O)C(C)C.I. The molecule has 3 N–H and O–H groups in total. The highest BCUT2D eigenvalue weighted by molar-refractivity contribution is 14.0. The summed E-state index contributed by atoms with van der Waals surface area (Å²) in [5, 5.41) is 9.30. The maximum absolute atomic E-state index is 11.3. The topological polar surface area (TPSA) is 65.5 Å². The Bertz CT molecular complexity index is 280. The van der Waals surface area contributed by atoms with Crippen molar-refractivity contribution in [3.63, 3.8) is 0 Å². The van der Waals surface area contributed by atoms with Crippen molar-refractivity contribution >= 4 is 35.8 Å². The number of nitrogens with one attached hydrogen (secondary N) is 3. The van der Waals surface area contributed by atoms with Crippen molar-refractivity contribution in [1.29, 1.82) is 0 Å². The molecule has 0 fully saturated rings. The molecule has 0 aliphatic heterocycles. The van der Waals surface area contributed by atoms with Crippen molar-refractivity contribution in [3.8, 4) is 0 Å². The molecule has 6 heteroatoms. The lowest BCUT2D eigenvalue weighted by atomic mass is 10.1. The summed E-state index contributed by atoms with van der Waals surface area (Å²) in [6.07, 6.45) is 2.36. The zero-order valence-electron chi connectivity index (χ0n) is 13.5.